The first-order valence-corrected chi connectivity index (χ1v) is 9.30. The molecule has 7 nitrogen and oxygen atoms in total. The predicted octanol–water partition coefficient (Wildman–Crippen LogP) is 3.30. The molecule has 2 N–H and O–H groups in total. The minimum Gasteiger partial charge on any atom is -0.493 e. The zero-order valence-corrected chi connectivity index (χ0v) is 19.7. The molecule has 1 heterocycles. The Morgan fingerprint density at radius 1 is 1.21 bits per heavy atom. The molecule has 1 aromatic carbocycles. The number of rotatable bonds is 9. The number of nitrogens with zero attached hydrogens (tertiary/aromatic N) is 2. The summed E-state index contributed by atoms with van der Waals surface area (Å²) >= 11 is 0. The molecule has 2 aromatic rings. The molecule has 0 bridgehead atoms. The fraction of sp³-hybridized carbons (Fsp3) is 0.429. The number of methoxy groups -OCH3 is 1. The van der Waals surface area contributed by atoms with Gasteiger partial charge in [0.25, 0.3) is 0 Å². The van der Waals surface area contributed by atoms with Crippen LogP contribution < -0.4 is 20.1 Å². The summed E-state index contributed by atoms with van der Waals surface area (Å²) in [7, 11) is 3.33. The predicted molar refractivity (Wildman–Crippen MR) is 125 cm³/mol. The van der Waals surface area contributed by atoms with Crippen LogP contribution in [0.2, 0.25) is 0 Å². The molecule has 0 atom stereocenters. The van der Waals surface area contributed by atoms with E-state index in [0.29, 0.717) is 30.5 Å². The molecule has 1 aromatic heterocycles. The summed E-state index contributed by atoms with van der Waals surface area (Å²) in [4.78, 5) is 4.28. The van der Waals surface area contributed by atoms with E-state index < -0.39 is 0 Å². The van der Waals surface area contributed by atoms with Gasteiger partial charge in [-0.2, -0.15) is 0 Å². The quantitative estimate of drug-likeness (QED) is 0.232. The number of halogens is 1. The molecule has 0 aliphatic rings. The van der Waals surface area contributed by atoms with Crippen molar-refractivity contribution in [3.05, 3.63) is 40.8 Å². The van der Waals surface area contributed by atoms with Gasteiger partial charge in [0, 0.05) is 32.1 Å². The topological polar surface area (TPSA) is 80.9 Å². The van der Waals surface area contributed by atoms with Crippen molar-refractivity contribution in [3.8, 4) is 23.8 Å². The third kappa shape index (κ3) is 6.85. The number of aromatic nitrogens is 1. The fourth-order valence-corrected chi connectivity index (χ4v) is 2.78. The summed E-state index contributed by atoms with van der Waals surface area (Å²) in [5, 5.41) is 10.8. The minimum atomic E-state index is 0. The maximum Gasteiger partial charge on any atom is 0.191 e. The molecule has 0 radical (unpaired) electrons. The monoisotopic (exact) mass is 512 g/mol. The summed E-state index contributed by atoms with van der Waals surface area (Å²) in [6.45, 7) is 5.49. The van der Waals surface area contributed by atoms with Crippen LogP contribution in [0.15, 0.2) is 27.7 Å². The van der Waals surface area contributed by atoms with Crippen LogP contribution in [0.4, 0.5) is 0 Å². The smallest absolute Gasteiger partial charge is 0.191 e. The Bertz CT molecular complexity index is 821. The van der Waals surface area contributed by atoms with E-state index in [0.717, 1.165) is 35.4 Å². The van der Waals surface area contributed by atoms with Gasteiger partial charge in [-0.25, -0.2) is 0 Å². The number of hydrogen-bond donors (Lipinski definition) is 2. The van der Waals surface area contributed by atoms with E-state index in [-0.39, 0.29) is 30.6 Å². The van der Waals surface area contributed by atoms with Crippen molar-refractivity contribution < 1.29 is 14.0 Å². The van der Waals surface area contributed by atoms with Crippen LogP contribution in [0.1, 0.15) is 36.4 Å². The molecule has 0 amide bonds. The number of aliphatic imine (C=N–C) groups is 1. The number of guanidine groups is 1. The highest BCUT2D eigenvalue weighted by Crippen LogP contribution is 2.28. The molecular weight excluding hydrogens is 483 g/mol. The Hall–Kier alpha value is -2.41. The molecule has 0 spiro atoms. The van der Waals surface area contributed by atoms with Crippen molar-refractivity contribution in [2.45, 2.75) is 39.8 Å². The van der Waals surface area contributed by atoms with Gasteiger partial charge in [-0.15, -0.1) is 30.4 Å². The molecule has 0 aliphatic carbocycles. The van der Waals surface area contributed by atoms with Gasteiger partial charge < -0.3 is 24.6 Å². The maximum atomic E-state index is 5.55. The molecule has 0 aliphatic heterocycles. The zero-order valence-electron chi connectivity index (χ0n) is 17.4. The lowest BCUT2D eigenvalue weighted by Crippen LogP contribution is -2.36. The number of benzene rings is 1. The van der Waals surface area contributed by atoms with Gasteiger partial charge in [0.2, 0.25) is 0 Å². The van der Waals surface area contributed by atoms with Crippen LogP contribution in [0.25, 0.3) is 0 Å². The van der Waals surface area contributed by atoms with E-state index in [9.17, 15) is 0 Å². The largest absolute Gasteiger partial charge is 0.493 e. The second kappa shape index (κ2) is 12.9. The van der Waals surface area contributed by atoms with Crippen molar-refractivity contribution in [1.82, 2.24) is 15.8 Å². The second-order valence-electron chi connectivity index (χ2n) is 6.00. The van der Waals surface area contributed by atoms with Crippen molar-refractivity contribution in [1.29, 1.82) is 0 Å². The molecule has 8 heteroatoms. The van der Waals surface area contributed by atoms with Gasteiger partial charge in [0.1, 0.15) is 12.4 Å². The van der Waals surface area contributed by atoms with Crippen LogP contribution in [0.3, 0.4) is 0 Å². The highest BCUT2D eigenvalue weighted by atomic mass is 127. The lowest BCUT2D eigenvalue weighted by atomic mass is 10.1. The zero-order chi connectivity index (χ0) is 20.4. The van der Waals surface area contributed by atoms with Crippen molar-refractivity contribution in [3.63, 3.8) is 0 Å². The van der Waals surface area contributed by atoms with E-state index >= 15 is 0 Å². The molecule has 29 heavy (non-hydrogen) atoms. The molecular formula is C21H29IN4O3. The summed E-state index contributed by atoms with van der Waals surface area (Å²) in [5.41, 5.74) is 3.09. The van der Waals surface area contributed by atoms with Crippen LogP contribution in [0.5, 0.6) is 11.5 Å². The SMILES string of the molecule is C#CCOc1cc(CNC(=NC)NCc2c(CC)noc2CC)ccc1OC.I. The molecule has 0 unspecified atom stereocenters. The third-order valence-electron chi connectivity index (χ3n) is 4.26. The summed E-state index contributed by atoms with van der Waals surface area (Å²) < 4.78 is 16.3. The van der Waals surface area contributed by atoms with Crippen LogP contribution >= 0.6 is 24.0 Å². The first-order chi connectivity index (χ1) is 13.7. The summed E-state index contributed by atoms with van der Waals surface area (Å²) in [5.74, 6) is 5.32. The van der Waals surface area contributed by atoms with Crippen molar-refractivity contribution >= 4 is 29.9 Å². The standard InChI is InChI=1S/C21H28N4O3.HI/c1-6-11-27-20-12-15(9-10-19(20)26-5)13-23-21(22-4)24-14-16-17(7-2)25-28-18(16)8-3;/h1,9-10,12H,7-8,11,13-14H2,2-5H3,(H2,22,23,24);1H. The number of hydrogen-bond acceptors (Lipinski definition) is 5. The van der Waals surface area contributed by atoms with Gasteiger partial charge in [-0.05, 0) is 24.1 Å². The molecule has 0 saturated heterocycles. The molecule has 2 rings (SSSR count). The first kappa shape index (κ1) is 24.6. The Morgan fingerprint density at radius 2 is 1.97 bits per heavy atom. The Kier molecular flexibility index (Phi) is 11.0. The van der Waals surface area contributed by atoms with E-state index in [1.807, 2.05) is 18.2 Å². The third-order valence-corrected chi connectivity index (χ3v) is 4.26. The average molecular weight is 512 g/mol. The highest BCUT2D eigenvalue weighted by Gasteiger charge is 2.13. The van der Waals surface area contributed by atoms with Gasteiger partial charge in [0.05, 0.1) is 12.8 Å². The fourth-order valence-electron chi connectivity index (χ4n) is 2.78. The Morgan fingerprint density at radius 3 is 2.59 bits per heavy atom. The second-order valence-corrected chi connectivity index (χ2v) is 6.00. The molecule has 0 saturated carbocycles. The molecule has 0 fully saturated rings. The summed E-state index contributed by atoms with van der Waals surface area (Å²) in [6.07, 6.45) is 6.91. The normalized spacial score (nSPS) is 10.7. The van der Waals surface area contributed by atoms with Gasteiger partial charge in [-0.1, -0.05) is 31.0 Å². The minimum absolute atomic E-state index is 0. The van der Waals surface area contributed by atoms with Gasteiger partial charge in [-0.3, -0.25) is 4.99 Å². The lowest BCUT2D eigenvalue weighted by Gasteiger charge is -2.14. The number of aryl methyl sites for hydroxylation is 2. The Labute approximate surface area is 189 Å². The van der Waals surface area contributed by atoms with E-state index in [1.54, 1.807) is 14.2 Å². The highest BCUT2D eigenvalue weighted by molar-refractivity contribution is 14.0. The Balaban J connectivity index is 0.00000420. The van der Waals surface area contributed by atoms with E-state index in [1.165, 1.54) is 0 Å². The number of terminal acetylenes is 1. The number of nitrogens with one attached hydrogen (secondary N) is 2. The summed E-state index contributed by atoms with van der Waals surface area (Å²) in [6, 6.07) is 5.73. The average Bonchev–Trinajstić information content (AvgIpc) is 3.14. The van der Waals surface area contributed by atoms with E-state index in [4.69, 9.17) is 20.4 Å². The lowest BCUT2D eigenvalue weighted by molar-refractivity contribution is 0.330. The number of ether oxygens (including phenoxy) is 2. The van der Waals surface area contributed by atoms with Gasteiger partial charge in [0.15, 0.2) is 17.5 Å². The maximum absolute atomic E-state index is 5.55. The van der Waals surface area contributed by atoms with Crippen molar-refractivity contribution in [2.24, 2.45) is 4.99 Å². The molecule has 158 valence electrons. The van der Waals surface area contributed by atoms with Crippen LogP contribution in [-0.2, 0) is 25.9 Å². The van der Waals surface area contributed by atoms with Crippen LogP contribution in [-0.4, -0.2) is 31.9 Å². The van der Waals surface area contributed by atoms with Crippen LogP contribution in [0, 0.1) is 12.3 Å². The van der Waals surface area contributed by atoms with Crippen molar-refractivity contribution in [2.75, 3.05) is 20.8 Å². The van der Waals surface area contributed by atoms with E-state index in [2.05, 4.69) is 40.6 Å². The van der Waals surface area contributed by atoms with Gasteiger partial charge >= 0.3 is 0 Å². The first-order valence-electron chi connectivity index (χ1n) is 9.30.